The van der Waals surface area contributed by atoms with E-state index < -0.39 is 155 Å². The van der Waals surface area contributed by atoms with Crippen molar-refractivity contribution in [2.45, 2.75) is 349 Å². The van der Waals surface area contributed by atoms with Gasteiger partial charge in [-0.25, -0.2) is 0 Å². The first kappa shape index (κ1) is 159. The van der Waals surface area contributed by atoms with Crippen molar-refractivity contribution >= 4 is 184 Å². The highest BCUT2D eigenvalue weighted by Crippen LogP contribution is 2.36. The Kier molecular flexibility index (Phi) is 135. The third-order valence-electron chi connectivity index (χ3n) is 13.3. The lowest BCUT2D eigenvalue weighted by Gasteiger charge is -2.37. The Morgan fingerprint density at radius 2 is 0.803 bits per heavy atom. The second-order valence-corrected chi connectivity index (χ2v) is 97.3. The molecule has 0 saturated carbocycles. The van der Waals surface area contributed by atoms with E-state index in [1.165, 1.54) is 31.7 Å². The van der Waals surface area contributed by atoms with Gasteiger partial charge < -0.3 is 68.7 Å². The van der Waals surface area contributed by atoms with Crippen LogP contribution in [-0.2, 0) is 85.2 Å². The molecule has 117 heavy (non-hydrogen) atoms. The first-order chi connectivity index (χ1) is 51.9. The molecule has 0 aliphatic heterocycles. The summed E-state index contributed by atoms with van der Waals surface area (Å²) in [5, 5.41) is 0. The molecule has 0 fully saturated rings. The van der Waals surface area contributed by atoms with E-state index in [2.05, 4.69) is 231 Å². The second kappa shape index (κ2) is 99.7. The van der Waals surface area contributed by atoms with Crippen molar-refractivity contribution in [2.75, 3.05) is 53.4 Å². The maximum absolute atomic E-state index is 9.69. The van der Waals surface area contributed by atoms with Crippen LogP contribution >= 0.6 is 6.58 Å². The van der Waals surface area contributed by atoms with Crippen molar-refractivity contribution in [1.82, 2.24) is 0 Å². The zero-order chi connectivity index (χ0) is 92.6. The summed E-state index contributed by atoms with van der Waals surface area (Å²) in [7, 11) is -18.0. The van der Waals surface area contributed by atoms with Crippen LogP contribution in [0.2, 0.25) is 150 Å². The van der Waals surface area contributed by atoms with Crippen molar-refractivity contribution in [1.29, 1.82) is 0 Å². The van der Waals surface area contributed by atoms with Gasteiger partial charge in [0, 0.05) is 39.6 Å². The maximum atomic E-state index is 9.69. The molecule has 1 unspecified atom stereocenters. The van der Waals surface area contributed by atoms with Crippen LogP contribution in [0.15, 0.2) is 99.7 Å². The molecular formula is C78H207BO18PSSi18+. The van der Waals surface area contributed by atoms with E-state index in [-0.39, 0.29) is 35.1 Å². The van der Waals surface area contributed by atoms with Crippen LogP contribution in [0.5, 0.6) is 0 Å². The Hall–Kier alpha value is 1.53. The predicted molar refractivity (Wildman–Crippen MR) is 584 cm³/mol. The smallest absolute Gasteiger partial charge is 0.458 e. The van der Waals surface area contributed by atoms with E-state index in [0.717, 1.165) is 35.4 Å². The molecule has 712 valence electrons. The van der Waals surface area contributed by atoms with Gasteiger partial charge in [-0.2, -0.15) is 0 Å². The number of hydrogen-bond donors (Lipinski definition) is 1. The Morgan fingerprint density at radius 1 is 0.538 bits per heavy atom. The number of rotatable bonds is 47. The molecule has 0 saturated heterocycles. The summed E-state index contributed by atoms with van der Waals surface area (Å²) < 4.78 is 95.8. The lowest BCUT2D eigenvalue weighted by molar-refractivity contribution is -0.187. The molecule has 0 aliphatic carbocycles. The minimum atomic E-state index is -3.00. The average molecular weight is 2010 g/mol. The summed E-state index contributed by atoms with van der Waals surface area (Å²) in [5.74, 6) is 0. The summed E-state index contributed by atoms with van der Waals surface area (Å²) in [4.78, 5) is 14.5. The summed E-state index contributed by atoms with van der Waals surface area (Å²) in [6, 6.07) is 1.34. The van der Waals surface area contributed by atoms with Gasteiger partial charge in [0.05, 0.1) is 30.1 Å². The molecular weight excluding hydrogens is 1800 g/mol. The van der Waals surface area contributed by atoms with Gasteiger partial charge in [-0.15, -0.1) is 39.5 Å². The van der Waals surface area contributed by atoms with Gasteiger partial charge in [0.15, 0.2) is 61.1 Å². The topological polar surface area (TPSA) is 185 Å². The van der Waals surface area contributed by atoms with Crippen molar-refractivity contribution in [3.05, 3.63) is 99.7 Å². The van der Waals surface area contributed by atoms with Crippen molar-refractivity contribution in [2.24, 2.45) is 10.8 Å². The molecule has 2 radical (unpaired) electrons. The first-order valence-electron chi connectivity index (χ1n) is 41.6. The fourth-order valence-electron chi connectivity index (χ4n) is 8.05. The molecule has 18 nitrogen and oxygen atoms in total. The van der Waals surface area contributed by atoms with E-state index >= 15 is 0 Å². The molecule has 0 bridgehead atoms. The molecule has 0 aromatic rings. The molecule has 0 aliphatic rings. The lowest BCUT2D eigenvalue weighted by Crippen LogP contribution is -2.67. The van der Waals surface area contributed by atoms with E-state index in [0.29, 0.717) is 45.1 Å². The van der Waals surface area contributed by atoms with E-state index in [1.807, 2.05) is 125 Å². The van der Waals surface area contributed by atoms with Crippen molar-refractivity contribution < 1.29 is 78.2 Å². The Bertz CT molecular complexity index is 2050. The van der Waals surface area contributed by atoms with Gasteiger partial charge in [0.25, 0.3) is 16.5 Å². The third kappa shape index (κ3) is 118. The van der Waals surface area contributed by atoms with Crippen LogP contribution in [0, 0.1) is 10.8 Å². The van der Waals surface area contributed by atoms with Gasteiger partial charge in [0.2, 0.25) is 7.83 Å². The zero-order valence-electron chi connectivity index (χ0n) is 82.1. The molecule has 0 amide bonds. The monoisotopic (exact) mass is 2010 g/mol. The predicted octanol–water partition coefficient (Wildman–Crippen LogP) is 22.1. The van der Waals surface area contributed by atoms with Gasteiger partial charge in [-0.05, 0) is 226 Å². The maximum Gasteiger partial charge on any atom is 0.521 e. The Labute approximate surface area is 768 Å². The third-order valence-corrected chi connectivity index (χ3v) is 82.5. The lowest BCUT2D eigenvalue weighted by atomic mass is 9.75. The van der Waals surface area contributed by atoms with Gasteiger partial charge in [-0.1, -0.05) is 194 Å². The van der Waals surface area contributed by atoms with E-state index in [4.69, 9.17) is 76.5 Å². The highest BCUT2D eigenvalue weighted by molar-refractivity contribution is 8.16. The Balaban J connectivity index is -0.0000000638. The van der Waals surface area contributed by atoms with Crippen molar-refractivity contribution in [3.63, 3.8) is 0 Å². The molecule has 1 atom stereocenters. The van der Waals surface area contributed by atoms with Crippen molar-refractivity contribution in [3.8, 4) is 0 Å². The fourth-order valence-corrected chi connectivity index (χ4v) is 63.5. The van der Waals surface area contributed by atoms with Gasteiger partial charge in [-0.3, -0.25) is 9.46 Å². The quantitative estimate of drug-likeness (QED) is 0.0199. The molecule has 0 heterocycles. The second-order valence-electron chi connectivity index (χ2n) is 30.1. The van der Waals surface area contributed by atoms with Crippen LogP contribution in [0.3, 0.4) is 0 Å². The minimum Gasteiger partial charge on any atom is -0.458 e. The SMILES string of the molecule is C.C.C.C.C=CCC(CC=C)(CC=C)CC=C.C=C[Si](C)(C)O[Si](C)(C)C=C.C=C[Si](OCC)(OCC)O[Si](C=C)(OCC)OCC.CC.CC.CCC.CCC(C)(C)C.CCCC[Si](C)(C)O[SiH](C)C.CCO[SiH](OCC)[Si](C)(C)O.COO[Si](C)(C)[Si]([SiH3])(O[SiH2]C)O[SiH2]C.C[SiH](C)O[SiH](O[SiH](C)C)O[SiH](C)C.C[Si](C)=O.[B][P+](C)=S. The average Bonchev–Trinajstić information content (AvgIpc) is 0.818. The Morgan fingerprint density at radius 3 is 0.966 bits per heavy atom. The number of hydrogen-bond acceptors (Lipinski definition) is 19. The van der Waals surface area contributed by atoms with Crippen LogP contribution in [0.1, 0.15) is 199 Å². The summed E-state index contributed by atoms with van der Waals surface area (Å²) >= 11 is 4.46. The van der Waals surface area contributed by atoms with Crippen LogP contribution in [-0.4, -0.2) is 224 Å². The van der Waals surface area contributed by atoms with E-state index in [1.54, 1.807) is 31.6 Å². The summed E-state index contributed by atoms with van der Waals surface area (Å²) in [6.45, 7) is 116. The molecule has 0 aromatic carbocycles. The van der Waals surface area contributed by atoms with Gasteiger partial charge in [0.1, 0.15) is 31.3 Å². The summed E-state index contributed by atoms with van der Waals surface area (Å²) in [5.41, 5.74) is 7.90. The molecule has 39 heteroatoms. The molecule has 0 spiro atoms. The molecule has 0 aromatic heterocycles. The first-order valence-corrected chi connectivity index (χ1v) is 91.0. The highest BCUT2D eigenvalue weighted by atomic mass is 32.4. The highest BCUT2D eigenvalue weighted by Gasteiger charge is 2.52. The zero-order valence-corrected chi connectivity index (χ0v) is 105. The number of unbranched alkanes of at least 4 members (excludes halogenated alkanes) is 1. The fraction of sp³-hybridized carbons (Fsp3) is 0.795. The van der Waals surface area contributed by atoms with Crippen LogP contribution in [0.25, 0.3) is 0 Å². The molecule has 0 rings (SSSR count). The standard InChI is InChI=1S/C13H20.C12H26O5Si2.C8H18OSi2.C8H22OSi2.C6H22O3Si4.C6H18O3Si2.C6H14.C5H22O4Si5.C3H8.C2H6OSi.2C2H6.CH3BPS.4CH4/c1-5-9-13(10-6-2,11-7-3)12-8-4;1-7-13-18(11-5,14-8-2)17-19(12-6,15-9-3)16-10-4;1-7-10(3,4)9-11(5,6)8-2;1-6-7-8-11(4,5)9-10(2)3;1-10(2)7-13(8-11(3)4)9-12(5)6;1-5-8-10(9-6-2)11(3,4)7;1-5-6(2,3)4;1-6-7-13(4,5)14(10,8-11-2)9-12-3;1-3-2;1-4(2)3;2*1-2;1-3(2)4;;;;/h5-8H,1-4,9-12H2;11-12H,5-10H2,1-4H3;7-8H,1-2H2,3-6H3;10H,6-8H2,1-5H3;10-13H,1-6H3;7,10H,5-6H2,1-4H3;5H2,1-4H3;11-12H2,1-5,10H3;3H2,1-2H3;1-2H3;2*1-2H3;1H3;4*1H4/q;;;;;;;;;;;;+1;;;;. The van der Waals surface area contributed by atoms with Gasteiger partial charge >= 0.3 is 51.1 Å². The van der Waals surface area contributed by atoms with Crippen LogP contribution in [0.4, 0.5) is 0 Å². The van der Waals surface area contributed by atoms with Crippen LogP contribution < -0.4 is 0 Å². The minimum absolute atomic E-state index is 0. The molecule has 1 N–H and O–H groups in total. The number of allylic oxidation sites excluding steroid dienone is 4. The largest absolute Gasteiger partial charge is 0.521 e. The normalized spacial score (nSPS) is 11.8. The summed E-state index contributed by atoms with van der Waals surface area (Å²) in [6.07, 6.45) is 17.0. The van der Waals surface area contributed by atoms with E-state index in [9.17, 15) is 9.26 Å².